The van der Waals surface area contributed by atoms with Crippen LogP contribution in [0.25, 0.3) is 0 Å². The van der Waals surface area contributed by atoms with Crippen LogP contribution in [-0.2, 0) is 4.79 Å². The second-order valence-electron chi connectivity index (χ2n) is 6.49. The van der Waals surface area contributed by atoms with Gasteiger partial charge >= 0.3 is 0 Å². The first kappa shape index (κ1) is 19.8. The van der Waals surface area contributed by atoms with Crippen LogP contribution in [0, 0.1) is 13.8 Å². The molecule has 0 radical (unpaired) electrons. The Bertz CT molecular complexity index is 725. The van der Waals surface area contributed by atoms with E-state index in [9.17, 15) is 4.79 Å². The summed E-state index contributed by atoms with van der Waals surface area (Å²) in [5.74, 6) is 1.45. The van der Waals surface area contributed by atoms with Crippen molar-refractivity contribution in [3.63, 3.8) is 0 Å². The highest BCUT2D eigenvalue weighted by molar-refractivity contribution is 5.81. The molecule has 2 rings (SSSR count). The topological polar surface area (TPSA) is 47.6 Å². The molecule has 26 heavy (non-hydrogen) atoms. The second-order valence-corrected chi connectivity index (χ2v) is 6.49. The van der Waals surface area contributed by atoms with Crippen molar-refractivity contribution < 1.29 is 14.3 Å². The van der Waals surface area contributed by atoms with Gasteiger partial charge in [-0.15, -0.1) is 0 Å². The van der Waals surface area contributed by atoms with Gasteiger partial charge in [0.1, 0.15) is 11.5 Å². The summed E-state index contributed by atoms with van der Waals surface area (Å²) < 4.78 is 11.4. The third-order valence-corrected chi connectivity index (χ3v) is 4.47. The molecule has 1 amide bonds. The first-order valence-corrected chi connectivity index (χ1v) is 9.21. The fourth-order valence-electron chi connectivity index (χ4n) is 2.68. The first-order chi connectivity index (χ1) is 12.4. The molecule has 0 spiro atoms. The molecule has 0 aliphatic rings. The zero-order valence-corrected chi connectivity index (χ0v) is 16.3. The molecule has 0 saturated heterocycles. The van der Waals surface area contributed by atoms with E-state index in [2.05, 4.69) is 12.2 Å². The van der Waals surface area contributed by atoms with Crippen LogP contribution in [-0.4, -0.2) is 18.6 Å². The first-order valence-electron chi connectivity index (χ1n) is 9.21. The molecule has 0 bridgehead atoms. The van der Waals surface area contributed by atoms with E-state index in [1.54, 1.807) is 0 Å². The van der Waals surface area contributed by atoms with Gasteiger partial charge in [-0.25, -0.2) is 0 Å². The van der Waals surface area contributed by atoms with Crippen molar-refractivity contribution in [1.29, 1.82) is 0 Å². The van der Waals surface area contributed by atoms with Crippen LogP contribution in [0.2, 0.25) is 0 Å². The molecule has 4 heteroatoms. The van der Waals surface area contributed by atoms with Gasteiger partial charge < -0.3 is 14.8 Å². The minimum atomic E-state index is -0.512. The SMILES string of the molecule is CCOc1ccc([C@@H](C)NC(=O)[C@@H](CC)Oc2ccc(C)c(C)c2)cc1. The van der Waals surface area contributed by atoms with Crippen molar-refractivity contribution in [2.45, 2.75) is 53.2 Å². The molecular weight excluding hydrogens is 326 g/mol. The lowest BCUT2D eigenvalue weighted by Gasteiger charge is -2.21. The Hall–Kier alpha value is -2.49. The number of amides is 1. The van der Waals surface area contributed by atoms with E-state index in [0.717, 1.165) is 22.6 Å². The van der Waals surface area contributed by atoms with E-state index in [-0.39, 0.29) is 11.9 Å². The van der Waals surface area contributed by atoms with Gasteiger partial charge in [-0.05, 0) is 75.1 Å². The van der Waals surface area contributed by atoms with Crippen LogP contribution in [0.3, 0.4) is 0 Å². The average Bonchev–Trinajstić information content (AvgIpc) is 2.63. The third-order valence-electron chi connectivity index (χ3n) is 4.47. The number of benzene rings is 2. The Morgan fingerprint density at radius 1 is 1.00 bits per heavy atom. The maximum Gasteiger partial charge on any atom is 0.261 e. The number of aryl methyl sites for hydroxylation is 2. The molecule has 0 heterocycles. The van der Waals surface area contributed by atoms with Gasteiger partial charge in [0.15, 0.2) is 6.10 Å². The highest BCUT2D eigenvalue weighted by atomic mass is 16.5. The predicted octanol–water partition coefficient (Wildman–Crippen LogP) is 4.74. The largest absolute Gasteiger partial charge is 0.494 e. The molecule has 2 aromatic rings. The maximum absolute atomic E-state index is 12.6. The summed E-state index contributed by atoms with van der Waals surface area (Å²) in [7, 11) is 0. The number of carbonyl (C=O) groups excluding carboxylic acids is 1. The quantitative estimate of drug-likeness (QED) is 0.744. The van der Waals surface area contributed by atoms with Crippen molar-refractivity contribution in [2.24, 2.45) is 0 Å². The number of carbonyl (C=O) groups is 1. The van der Waals surface area contributed by atoms with Gasteiger partial charge in [-0.2, -0.15) is 0 Å². The Morgan fingerprint density at radius 2 is 1.65 bits per heavy atom. The van der Waals surface area contributed by atoms with E-state index >= 15 is 0 Å². The van der Waals surface area contributed by atoms with Crippen LogP contribution in [0.15, 0.2) is 42.5 Å². The van der Waals surface area contributed by atoms with Crippen molar-refractivity contribution in [3.8, 4) is 11.5 Å². The minimum Gasteiger partial charge on any atom is -0.494 e. The fourth-order valence-corrected chi connectivity index (χ4v) is 2.68. The smallest absolute Gasteiger partial charge is 0.261 e. The molecular formula is C22H29NO3. The monoisotopic (exact) mass is 355 g/mol. The molecule has 4 nitrogen and oxygen atoms in total. The summed E-state index contributed by atoms with van der Waals surface area (Å²) in [4.78, 5) is 12.6. The van der Waals surface area contributed by atoms with Gasteiger partial charge in [0.2, 0.25) is 0 Å². The lowest BCUT2D eigenvalue weighted by atomic mass is 10.1. The predicted molar refractivity (Wildman–Crippen MR) is 105 cm³/mol. The number of ether oxygens (including phenoxy) is 2. The van der Waals surface area contributed by atoms with Gasteiger partial charge in [-0.1, -0.05) is 25.1 Å². The van der Waals surface area contributed by atoms with Gasteiger partial charge in [0.25, 0.3) is 5.91 Å². The lowest BCUT2D eigenvalue weighted by molar-refractivity contribution is -0.128. The maximum atomic E-state index is 12.6. The number of hydrogen-bond acceptors (Lipinski definition) is 3. The Kier molecular flexibility index (Phi) is 7.07. The molecule has 0 unspecified atom stereocenters. The molecule has 0 saturated carbocycles. The Balaban J connectivity index is 1.99. The number of nitrogens with one attached hydrogen (secondary N) is 1. The van der Waals surface area contributed by atoms with Crippen molar-refractivity contribution >= 4 is 5.91 Å². The molecule has 0 aliphatic carbocycles. The van der Waals surface area contributed by atoms with E-state index < -0.39 is 6.10 Å². The van der Waals surface area contributed by atoms with Crippen molar-refractivity contribution in [2.75, 3.05) is 6.61 Å². The van der Waals surface area contributed by atoms with Crippen LogP contribution in [0.4, 0.5) is 0 Å². The normalized spacial score (nSPS) is 13.0. The van der Waals surface area contributed by atoms with Crippen LogP contribution < -0.4 is 14.8 Å². The zero-order valence-electron chi connectivity index (χ0n) is 16.3. The molecule has 2 aromatic carbocycles. The van der Waals surface area contributed by atoms with Gasteiger partial charge in [0, 0.05) is 0 Å². The molecule has 140 valence electrons. The lowest BCUT2D eigenvalue weighted by Crippen LogP contribution is -2.39. The second kappa shape index (κ2) is 9.27. The highest BCUT2D eigenvalue weighted by Gasteiger charge is 2.21. The molecule has 0 aromatic heterocycles. The number of hydrogen-bond donors (Lipinski definition) is 1. The molecule has 0 fully saturated rings. The van der Waals surface area contributed by atoms with Gasteiger partial charge in [-0.3, -0.25) is 4.79 Å². The third kappa shape index (κ3) is 5.25. The molecule has 2 atom stereocenters. The number of rotatable bonds is 8. The van der Waals surface area contributed by atoms with Crippen LogP contribution in [0.5, 0.6) is 11.5 Å². The molecule has 1 N–H and O–H groups in total. The van der Waals surface area contributed by atoms with Gasteiger partial charge in [0.05, 0.1) is 12.6 Å². The zero-order chi connectivity index (χ0) is 19.1. The van der Waals surface area contributed by atoms with Crippen LogP contribution in [0.1, 0.15) is 49.9 Å². The summed E-state index contributed by atoms with van der Waals surface area (Å²) in [5, 5.41) is 3.04. The van der Waals surface area contributed by atoms with Crippen LogP contribution >= 0.6 is 0 Å². The average molecular weight is 355 g/mol. The Labute approximate surface area is 156 Å². The summed E-state index contributed by atoms with van der Waals surface area (Å²) in [6, 6.07) is 13.6. The van der Waals surface area contributed by atoms with E-state index in [4.69, 9.17) is 9.47 Å². The standard InChI is InChI=1S/C22H29NO3/c1-6-21(26-20-11-8-15(3)16(4)14-20)22(24)23-17(5)18-9-12-19(13-10-18)25-7-2/h8-14,17,21H,6-7H2,1-5H3,(H,23,24)/t17-,21-/m1/s1. The summed E-state index contributed by atoms with van der Waals surface area (Å²) >= 11 is 0. The van der Waals surface area contributed by atoms with E-state index in [1.807, 2.05) is 70.2 Å². The summed E-state index contributed by atoms with van der Waals surface area (Å²) in [6.07, 6.45) is 0.0941. The van der Waals surface area contributed by atoms with E-state index in [1.165, 1.54) is 5.56 Å². The van der Waals surface area contributed by atoms with Crippen molar-refractivity contribution in [3.05, 3.63) is 59.2 Å². The van der Waals surface area contributed by atoms with Crippen molar-refractivity contribution in [1.82, 2.24) is 5.32 Å². The Morgan fingerprint density at radius 3 is 2.23 bits per heavy atom. The summed E-state index contributed by atoms with van der Waals surface area (Å²) in [5.41, 5.74) is 3.39. The summed E-state index contributed by atoms with van der Waals surface area (Å²) in [6.45, 7) is 10.6. The van der Waals surface area contributed by atoms with E-state index in [0.29, 0.717) is 13.0 Å². The highest BCUT2D eigenvalue weighted by Crippen LogP contribution is 2.20. The minimum absolute atomic E-state index is 0.101. The molecule has 0 aliphatic heterocycles. The fraction of sp³-hybridized carbons (Fsp3) is 0.409.